The summed E-state index contributed by atoms with van der Waals surface area (Å²) in [5, 5.41) is 11.6. The summed E-state index contributed by atoms with van der Waals surface area (Å²) in [6, 6.07) is -0.592. The second kappa shape index (κ2) is 7.76. The van der Waals surface area contributed by atoms with E-state index in [1.165, 1.54) is 0 Å². The van der Waals surface area contributed by atoms with Gasteiger partial charge in [0.2, 0.25) is 5.91 Å². The summed E-state index contributed by atoms with van der Waals surface area (Å²) >= 11 is 0. The number of amides is 1. The molecule has 14 heavy (non-hydrogen) atoms. The largest absolute Gasteiger partial charge is 0.394 e. The van der Waals surface area contributed by atoms with E-state index in [2.05, 4.69) is 12.2 Å². The van der Waals surface area contributed by atoms with E-state index in [0.717, 1.165) is 19.3 Å². The predicted molar refractivity (Wildman–Crippen MR) is 56.8 cm³/mol. The van der Waals surface area contributed by atoms with Crippen LogP contribution in [0.15, 0.2) is 0 Å². The zero-order valence-electron chi connectivity index (χ0n) is 9.12. The minimum Gasteiger partial charge on any atom is -0.394 e. The maximum absolute atomic E-state index is 11.4. The smallest absolute Gasteiger partial charge is 0.237 e. The Hall–Kier alpha value is -0.610. The van der Waals surface area contributed by atoms with Crippen LogP contribution in [0.5, 0.6) is 0 Å². The van der Waals surface area contributed by atoms with E-state index in [-0.39, 0.29) is 18.6 Å². The standard InChI is InChI=1S/C10H22N2O2/c1-3-5-6-9(11)10(14)12-8(4-2)7-13/h8-9,13H,3-7,11H2,1-2H3,(H,12,14)/t8-,9+/m1/s1. The molecular weight excluding hydrogens is 180 g/mol. The van der Waals surface area contributed by atoms with Gasteiger partial charge in [0.15, 0.2) is 0 Å². The van der Waals surface area contributed by atoms with Crippen LogP contribution in [0.25, 0.3) is 0 Å². The van der Waals surface area contributed by atoms with E-state index >= 15 is 0 Å². The summed E-state index contributed by atoms with van der Waals surface area (Å²) in [5.74, 6) is -0.153. The number of nitrogens with two attached hydrogens (primary N) is 1. The van der Waals surface area contributed by atoms with Crippen molar-refractivity contribution in [3.8, 4) is 0 Å². The summed E-state index contributed by atoms with van der Waals surface area (Å²) in [6.45, 7) is 3.95. The molecule has 0 heterocycles. The van der Waals surface area contributed by atoms with E-state index in [9.17, 15) is 4.79 Å². The quantitative estimate of drug-likeness (QED) is 0.559. The van der Waals surface area contributed by atoms with E-state index in [1.54, 1.807) is 0 Å². The second-order valence-corrected chi connectivity index (χ2v) is 3.55. The molecule has 1 amide bonds. The molecule has 0 saturated heterocycles. The first-order chi connectivity index (χ1) is 6.65. The summed E-state index contributed by atoms with van der Waals surface area (Å²) in [7, 11) is 0. The topological polar surface area (TPSA) is 75.4 Å². The molecule has 0 unspecified atom stereocenters. The number of aliphatic hydroxyl groups excluding tert-OH is 1. The van der Waals surface area contributed by atoms with Crippen LogP contribution in [0.4, 0.5) is 0 Å². The van der Waals surface area contributed by atoms with Gasteiger partial charge in [-0.1, -0.05) is 26.7 Å². The molecule has 0 aliphatic heterocycles. The van der Waals surface area contributed by atoms with Crippen molar-refractivity contribution in [1.29, 1.82) is 0 Å². The Morgan fingerprint density at radius 1 is 1.50 bits per heavy atom. The lowest BCUT2D eigenvalue weighted by Crippen LogP contribution is -2.46. The third-order valence-electron chi connectivity index (χ3n) is 2.27. The Labute approximate surface area is 85.9 Å². The van der Waals surface area contributed by atoms with Crippen molar-refractivity contribution in [3.05, 3.63) is 0 Å². The van der Waals surface area contributed by atoms with Gasteiger partial charge in [0.05, 0.1) is 18.7 Å². The number of aliphatic hydroxyl groups is 1. The highest BCUT2D eigenvalue weighted by Gasteiger charge is 2.15. The molecule has 4 heteroatoms. The monoisotopic (exact) mass is 202 g/mol. The fraction of sp³-hybridized carbons (Fsp3) is 0.900. The summed E-state index contributed by atoms with van der Waals surface area (Å²) in [5.41, 5.74) is 5.67. The number of nitrogens with one attached hydrogen (secondary N) is 1. The number of carbonyl (C=O) groups excluding carboxylic acids is 1. The van der Waals surface area contributed by atoms with Crippen LogP contribution < -0.4 is 11.1 Å². The zero-order chi connectivity index (χ0) is 11.0. The Balaban J connectivity index is 3.81. The minimum atomic E-state index is -0.435. The Kier molecular flexibility index (Phi) is 7.42. The van der Waals surface area contributed by atoms with Crippen LogP contribution in [0.1, 0.15) is 39.5 Å². The van der Waals surface area contributed by atoms with Crippen LogP contribution in [-0.4, -0.2) is 29.7 Å². The molecule has 0 spiro atoms. The first kappa shape index (κ1) is 13.4. The van der Waals surface area contributed by atoms with Crippen molar-refractivity contribution in [2.75, 3.05) is 6.61 Å². The Bertz CT molecular complexity index is 158. The summed E-state index contributed by atoms with van der Waals surface area (Å²) in [6.07, 6.45) is 3.44. The number of hydrogen-bond acceptors (Lipinski definition) is 3. The second-order valence-electron chi connectivity index (χ2n) is 3.55. The maximum atomic E-state index is 11.4. The molecule has 4 nitrogen and oxygen atoms in total. The number of carbonyl (C=O) groups is 1. The van der Waals surface area contributed by atoms with Gasteiger partial charge in [0, 0.05) is 0 Å². The fourth-order valence-corrected chi connectivity index (χ4v) is 1.14. The van der Waals surface area contributed by atoms with Crippen molar-refractivity contribution < 1.29 is 9.90 Å². The minimum absolute atomic E-state index is 0.0251. The third kappa shape index (κ3) is 5.19. The molecular formula is C10H22N2O2. The molecule has 4 N–H and O–H groups in total. The van der Waals surface area contributed by atoms with Crippen LogP contribution >= 0.6 is 0 Å². The van der Waals surface area contributed by atoms with Crippen molar-refractivity contribution in [2.24, 2.45) is 5.73 Å². The van der Waals surface area contributed by atoms with Crippen molar-refractivity contribution in [1.82, 2.24) is 5.32 Å². The maximum Gasteiger partial charge on any atom is 0.237 e. The SMILES string of the molecule is CCCC[C@H](N)C(=O)N[C@H](CC)CO. The average molecular weight is 202 g/mol. The van der Waals surface area contributed by atoms with Gasteiger partial charge in [-0.05, 0) is 12.8 Å². The lowest BCUT2D eigenvalue weighted by molar-refractivity contribution is -0.123. The highest BCUT2D eigenvalue weighted by Crippen LogP contribution is 1.99. The van der Waals surface area contributed by atoms with Gasteiger partial charge in [-0.3, -0.25) is 4.79 Å². The predicted octanol–water partition coefficient (Wildman–Crippen LogP) is 0.391. The lowest BCUT2D eigenvalue weighted by Gasteiger charge is -2.17. The van der Waals surface area contributed by atoms with E-state index in [0.29, 0.717) is 6.42 Å². The normalized spacial score (nSPS) is 14.9. The molecule has 0 aliphatic carbocycles. The number of hydrogen-bond donors (Lipinski definition) is 3. The molecule has 0 rings (SSSR count). The molecule has 0 saturated carbocycles. The Morgan fingerprint density at radius 2 is 2.14 bits per heavy atom. The van der Waals surface area contributed by atoms with Gasteiger partial charge in [0.1, 0.15) is 0 Å². The van der Waals surface area contributed by atoms with Gasteiger partial charge in [0.25, 0.3) is 0 Å². The van der Waals surface area contributed by atoms with E-state index in [1.807, 2.05) is 6.92 Å². The fourth-order valence-electron chi connectivity index (χ4n) is 1.14. The Morgan fingerprint density at radius 3 is 2.57 bits per heavy atom. The highest BCUT2D eigenvalue weighted by atomic mass is 16.3. The van der Waals surface area contributed by atoms with Gasteiger partial charge in [-0.25, -0.2) is 0 Å². The highest BCUT2D eigenvalue weighted by molar-refractivity contribution is 5.81. The number of rotatable bonds is 7. The zero-order valence-corrected chi connectivity index (χ0v) is 9.12. The van der Waals surface area contributed by atoms with Gasteiger partial charge in [-0.15, -0.1) is 0 Å². The first-order valence-electron chi connectivity index (χ1n) is 5.32. The van der Waals surface area contributed by atoms with Crippen molar-refractivity contribution >= 4 is 5.91 Å². The molecule has 0 aliphatic rings. The van der Waals surface area contributed by atoms with Crippen LogP contribution in [0.2, 0.25) is 0 Å². The van der Waals surface area contributed by atoms with Crippen LogP contribution in [0.3, 0.4) is 0 Å². The van der Waals surface area contributed by atoms with Gasteiger partial charge >= 0.3 is 0 Å². The van der Waals surface area contributed by atoms with E-state index in [4.69, 9.17) is 10.8 Å². The third-order valence-corrected chi connectivity index (χ3v) is 2.27. The molecule has 0 aromatic heterocycles. The lowest BCUT2D eigenvalue weighted by atomic mass is 10.1. The van der Waals surface area contributed by atoms with Gasteiger partial charge < -0.3 is 16.2 Å². The number of unbranched alkanes of at least 4 members (excludes halogenated alkanes) is 1. The van der Waals surface area contributed by atoms with Gasteiger partial charge in [-0.2, -0.15) is 0 Å². The average Bonchev–Trinajstić information content (AvgIpc) is 2.21. The van der Waals surface area contributed by atoms with Crippen molar-refractivity contribution in [3.63, 3.8) is 0 Å². The molecule has 0 radical (unpaired) electrons. The van der Waals surface area contributed by atoms with Crippen molar-refractivity contribution in [2.45, 2.75) is 51.6 Å². The molecule has 84 valence electrons. The van der Waals surface area contributed by atoms with Crippen LogP contribution in [-0.2, 0) is 4.79 Å². The van der Waals surface area contributed by atoms with Crippen LogP contribution in [0, 0.1) is 0 Å². The summed E-state index contributed by atoms with van der Waals surface area (Å²) < 4.78 is 0. The molecule has 0 bridgehead atoms. The first-order valence-corrected chi connectivity index (χ1v) is 5.32. The summed E-state index contributed by atoms with van der Waals surface area (Å²) in [4.78, 5) is 11.4. The molecule has 0 fully saturated rings. The van der Waals surface area contributed by atoms with E-state index < -0.39 is 6.04 Å². The molecule has 0 aromatic carbocycles. The molecule has 2 atom stereocenters. The molecule has 0 aromatic rings.